The molecular formula is C14H16FNO2. The summed E-state index contributed by atoms with van der Waals surface area (Å²) in [4.78, 5) is 12.0. The molecule has 2 N–H and O–H groups in total. The molecular weight excluding hydrogens is 233 g/mol. The maximum absolute atomic E-state index is 13.4. The topological polar surface area (TPSA) is 56.2 Å². The Balaban J connectivity index is 2.31. The molecule has 0 saturated carbocycles. The molecule has 1 aromatic carbocycles. The second-order valence-corrected chi connectivity index (χ2v) is 4.87. The van der Waals surface area contributed by atoms with Crippen LogP contribution in [0.4, 0.5) is 4.39 Å². The van der Waals surface area contributed by atoms with E-state index < -0.39 is 11.9 Å². The number of hydrogen-bond donors (Lipinski definition) is 1. The number of fused-ring (bicyclic) bond motifs is 1. The SMILES string of the molecule is CC(C)CC(N)C(=O)c1cc2cccc(F)c2o1. The summed E-state index contributed by atoms with van der Waals surface area (Å²) in [6.45, 7) is 3.98. The van der Waals surface area contributed by atoms with Gasteiger partial charge in [-0.25, -0.2) is 4.39 Å². The lowest BCUT2D eigenvalue weighted by Crippen LogP contribution is -2.31. The number of halogens is 1. The van der Waals surface area contributed by atoms with Gasteiger partial charge in [0.15, 0.2) is 17.2 Å². The Hall–Kier alpha value is -1.68. The molecule has 0 aliphatic heterocycles. The summed E-state index contributed by atoms with van der Waals surface area (Å²) in [7, 11) is 0. The number of hydrogen-bond acceptors (Lipinski definition) is 3. The minimum Gasteiger partial charge on any atom is -0.450 e. The van der Waals surface area contributed by atoms with Gasteiger partial charge in [0.25, 0.3) is 0 Å². The normalized spacial score (nSPS) is 13.2. The molecule has 0 amide bonds. The third-order valence-corrected chi connectivity index (χ3v) is 2.80. The van der Waals surface area contributed by atoms with Gasteiger partial charge in [-0.2, -0.15) is 0 Å². The number of furan rings is 1. The minimum atomic E-state index is -0.603. The van der Waals surface area contributed by atoms with Crippen molar-refractivity contribution in [3.63, 3.8) is 0 Å². The van der Waals surface area contributed by atoms with Gasteiger partial charge in [-0.3, -0.25) is 4.79 Å². The number of ketones is 1. The number of carbonyl (C=O) groups excluding carboxylic acids is 1. The lowest BCUT2D eigenvalue weighted by Gasteiger charge is -2.10. The molecule has 0 fully saturated rings. The maximum atomic E-state index is 13.4. The van der Waals surface area contributed by atoms with E-state index in [1.165, 1.54) is 6.07 Å². The molecule has 1 heterocycles. The lowest BCUT2D eigenvalue weighted by molar-refractivity contribution is 0.0925. The van der Waals surface area contributed by atoms with Crippen LogP contribution in [0.25, 0.3) is 11.0 Å². The molecule has 3 nitrogen and oxygen atoms in total. The smallest absolute Gasteiger partial charge is 0.214 e. The fourth-order valence-electron chi connectivity index (χ4n) is 1.95. The van der Waals surface area contributed by atoms with E-state index >= 15 is 0 Å². The summed E-state index contributed by atoms with van der Waals surface area (Å²) < 4.78 is 18.7. The van der Waals surface area contributed by atoms with Crippen molar-refractivity contribution in [1.29, 1.82) is 0 Å². The van der Waals surface area contributed by atoms with E-state index in [9.17, 15) is 9.18 Å². The van der Waals surface area contributed by atoms with Crippen LogP contribution < -0.4 is 5.73 Å². The average molecular weight is 249 g/mol. The number of benzene rings is 1. The monoisotopic (exact) mass is 249 g/mol. The maximum Gasteiger partial charge on any atom is 0.214 e. The van der Waals surface area contributed by atoms with Gasteiger partial charge in [-0.15, -0.1) is 0 Å². The first-order chi connectivity index (χ1) is 8.49. The number of rotatable bonds is 4. The molecule has 4 heteroatoms. The predicted molar refractivity (Wildman–Crippen MR) is 67.9 cm³/mol. The van der Waals surface area contributed by atoms with Gasteiger partial charge in [0.05, 0.1) is 6.04 Å². The highest BCUT2D eigenvalue weighted by Crippen LogP contribution is 2.23. The molecule has 1 aromatic heterocycles. The summed E-state index contributed by atoms with van der Waals surface area (Å²) in [5, 5.41) is 0.579. The van der Waals surface area contributed by atoms with E-state index in [4.69, 9.17) is 10.2 Å². The van der Waals surface area contributed by atoms with Crippen LogP contribution in [0, 0.1) is 11.7 Å². The van der Waals surface area contributed by atoms with Gasteiger partial charge < -0.3 is 10.2 Å². The number of Topliss-reactive ketones (excluding diaryl/α,β-unsaturated/α-hetero) is 1. The van der Waals surface area contributed by atoms with Crippen molar-refractivity contribution in [3.8, 4) is 0 Å². The predicted octanol–water partition coefficient (Wildman–Crippen LogP) is 3.13. The molecule has 96 valence electrons. The Bertz CT molecular complexity index is 574. The summed E-state index contributed by atoms with van der Waals surface area (Å²) >= 11 is 0. The Kier molecular flexibility index (Phi) is 3.48. The lowest BCUT2D eigenvalue weighted by atomic mass is 10.00. The van der Waals surface area contributed by atoms with E-state index in [1.54, 1.807) is 18.2 Å². The first-order valence-electron chi connectivity index (χ1n) is 5.97. The highest BCUT2D eigenvalue weighted by molar-refractivity contribution is 6.00. The Morgan fingerprint density at radius 2 is 2.17 bits per heavy atom. The third kappa shape index (κ3) is 2.43. The molecule has 0 radical (unpaired) electrons. The van der Waals surface area contributed by atoms with Crippen molar-refractivity contribution in [2.45, 2.75) is 26.3 Å². The highest BCUT2D eigenvalue weighted by atomic mass is 19.1. The van der Waals surface area contributed by atoms with Gasteiger partial charge in [0.1, 0.15) is 0 Å². The van der Waals surface area contributed by atoms with Gasteiger partial charge >= 0.3 is 0 Å². The van der Waals surface area contributed by atoms with E-state index in [0.717, 1.165) is 0 Å². The van der Waals surface area contributed by atoms with E-state index in [-0.39, 0.29) is 17.1 Å². The van der Waals surface area contributed by atoms with Crippen LogP contribution in [0.1, 0.15) is 30.8 Å². The summed E-state index contributed by atoms with van der Waals surface area (Å²) in [6, 6.07) is 5.52. The molecule has 0 spiro atoms. The number of para-hydroxylation sites is 1. The van der Waals surface area contributed by atoms with Gasteiger partial charge in [-0.05, 0) is 24.5 Å². The molecule has 0 aliphatic carbocycles. The second kappa shape index (κ2) is 4.90. The molecule has 18 heavy (non-hydrogen) atoms. The standard InChI is InChI=1S/C14H16FNO2/c1-8(2)6-11(16)13(17)12-7-9-4-3-5-10(15)14(9)18-12/h3-5,7-8,11H,6,16H2,1-2H3. The van der Waals surface area contributed by atoms with Crippen LogP contribution in [-0.4, -0.2) is 11.8 Å². The van der Waals surface area contributed by atoms with Crippen molar-refractivity contribution < 1.29 is 13.6 Å². The van der Waals surface area contributed by atoms with Crippen LogP contribution >= 0.6 is 0 Å². The molecule has 1 atom stereocenters. The average Bonchev–Trinajstić information content (AvgIpc) is 2.72. The largest absolute Gasteiger partial charge is 0.450 e. The third-order valence-electron chi connectivity index (χ3n) is 2.80. The second-order valence-electron chi connectivity index (χ2n) is 4.87. The zero-order valence-electron chi connectivity index (χ0n) is 10.4. The zero-order chi connectivity index (χ0) is 13.3. The molecule has 0 saturated heterocycles. The molecule has 0 bridgehead atoms. The number of carbonyl (C=O) groups is 1. The van der Waals surface area contributed by atoms with E-state index in [0.29, 0.717) is 17.7 Å². The number of nitrogens with two attached hydrogens (primary N) is 1. The Morgan fingerprint density at radius 3 is 2.78 bits per heavy atom. The Morgan fingerprint density at radius 1 is 1.44 bits per heavy atom. The first kappa shape index (κ1) is 12.8. The van der Waals surface area contributed by atoms with Crippen LogP contribution in [0.15, 0.2) is 28.7 Å². The van der Waals surface area contributed by atoms with Crippen LogP contribution in [0.3, 0.4) is 0 Å². The molecule has 1 unspecified atom stereocenters. The van der Waals surface area contributed by atoms with Crippen molar-refractivity contribution in [1.82, 2.24) is 0 Å². The van der Waals surface area contributed by atoms with Crippen molar-refractivity contribution in [2.24, 2.45) is 11.7 Å². The van der Waals surface area contributed by atoms with E-state index in [2.05, 4.69) is 0 Å². The molecule has 2 aromatic rings. The van der Waals surface area contributed by atoms with Gasteiger partial charge in [-0.1, -0.05) is 26.0 Å². The summed E-state index contributed by atoms with van der Waals surface area (Å²) in [5.74, 6) is -0.295. The first-order valence-corrected chi connectivity index (χ1v) is 5.97. The van der Waals surface area contributed by atoms with Crippen molar-refractivity contribution >= 4 is 16.8 Å². The van der Waals surface area contributed by atoms with Crippen molar-refractivity contribution in [3.05, 3.63) is 35.8 Å². The Labute approximate surface area is 105 Å². The van der Waals surface area contributed by atoms with Crippen molar-refractivity contribution in [2.75, 3.05) is 0 Å². The molecule has 2 rings (SSSR count). The minimum absolute atomic E-state index is 0.109. The zero-order valence-corrected chi connectivity index (χ0v) is 10.4. The summed E-state index contributed by atoms with van der Waals surface area (Å²) in [5.41, 5.74) is 5.92. The van der Waals surface area contributed by atoms with Crippen LogP contribution in [0.5, 0.6) is 0 Å². The quantitative estimate of drug-likeness (QED) is 0.847. The molecule has 0 aliphatic rings. The van der Waals surface area contributed by atoms with E-state index in [1.807, 2.05) is 13.8 Å². The van der Waals surface area contributed by atoms with Crippen LogP contribution in [0.2, 0.25) is 0 Å². The van der Waals surface area contributed by atoms with Crippen LogP contribution in [-0.2, 0) is 0 Å². The van der Waals surface area contributed by atoms with Gasteiger partial charge in [0, 0.05) is 5.39 Å². The van der Waals surface area contributed by atoms with Gasteiger partial charge in [0.2, 0.25) is 5.78 Å². The summed E-state index contributed by atoms with van der Waals surface area (Å²) in [6.07, 6.45) is 0.582. The fraction of sp³-hybridized carbons (Fsp3) is 0.357. The fourth-order valence-corrected chi connectivity index (χ4v) is 1.95. The highest BCUT2D eigenvalue weighted by Gasteiger charge is 2.21.